The highest BCUT2D eigenvalue weighted by Crippen LogP contribution is 2.35. The van der Waals surface area contributed by atoms with Gasteiger partial charge in [0.05, 0.1) is 16.1 Å². The lowest BCUT2D eigenvalue weighted by atomic mass is 10.1. The van der Waals surface area contributed by atoms with Crippen molar-refractivity contribution in [2.45, 2.75) is 38.3 Å². The second-order valence-corrected chi connectivity index (χ2v) is 5.66. The molecule has 0 aliphatic carbocycles. The van der Waals surface area contributed by atoms with Crippen molar-refractivity contribution in [1.82, 2.24) is 4.98 Å². The van der Waals surface area contributed by atoms with Crippen molar-refractivity contribution in [3.8, 4) is 0 Å². The van der Waals surface area contributed by atoms with Gasteiger partial charge in [0.2, 0.25) is 0 Å². The lowest BCUT2D eigenvalue weighted by Gasteiger charge is -2.28. The number of pyridine rings is 1. The summed E-state index contributed by atoms with van der Waals surface area (Å²) in [5.74, 6) is 6.46. The molecule has 1 aliphatic heterocycles. The van der Waals surface area contributed by atoms with Crippen LogP contribution in [0.25, 0.3) is 0 Å². The van der Waals surface area contributed by atoms with E-state index in [0.717, 1.165) is 19.4 Å². The minimum atomic E-state index is -0.344. The first-order chi connectivity index (χ1) is 9.02. The minimum absolute atomic E-state index is 0.247. The first-order valence-electron chi connectivity index (χ1n) is 6.30. The number of aliphatic hydroxyl groups is 1. The second kappa shape index (κ2) is 6.13. The van der Waals surface area contributed by atoms with Gasteiger partial charge in [-0.05, 0) is 32.3 Å². The molecule has 1 saturated heterocycles. The zero-order chi connectivity index (χ0) is 14.0. The maximum atomic E-state index is 9.56. The maximum absolute atomic E-state index is 9.56. The Balaban J connectivity index is 2.29. The molecule has 2 rings (SSSR count). The van der Waals surface area contributed by atoms with E-state index in [1.165, 1.54) is 0 Å². The first-order valence-corrected chi connectivity index (χ1v) is 7.06. The molecule has 0 aromatic carbocycles. The average molecular weight is 305 g/mol. The summed E-state index contributed by atoms with van der Waals surface area (Å²) in [4.78, 5) is 6.49. The number of rotatable bonds is 4. The lowest BCUT2D eigenvalue weighted by molar-refractivity contribution is 0.175. The van der Waals surface area contributed by atoms with Crippen molar-refractivity contribution in [3.05, 3.63) is 16.1 Å². The summed E-state index contributed by atoms with van der Waals surface area (Å²) >= 11 is 12.2. The van der Waals surface area contributed by atoms with E-state index in [-0.39, 0.29) is 12.1 Å². The third kappa shape index (κ3) is 3.23. The molecular weight excluding hydrogens is 287 g/mol. The Kier molecular flexibility index (Phi) is 4.73. The average Bonchev–Trinajstić information content (AvgIpc) is 2.76. The molecule has 0 amide bonds. The Bertz CT molecular complexity index is 456. The fourth-order valence-corrected chi connectivity index (χ4v) is 3.03. The predicted molar refractivity (Wildman–Crippen MR) is 78.7 cm³/mol. The van der Waals surface area contributed by atoms with Crippen LogP contribution in [0.15, 0.2) is 6.07 Å². The van der Waals surface area contributed by atoms with E-state index < -0.39 is 0 Å². The van der Waals surface area contributed by atoms with Crippen molar-refractivity contribution in [3.63, 3.8) is 0 Å². The highest BCUT2D eigenvalue weighted by molar-refractivity contribution is 6.37. The molecule has 1 aliphatic rings. The SMILES string of the molecule is CC(O)CC1CCCN1c1nc(NN)c(Cl)cc1Cl. The van der Waals surface area contributed by atoms with Crippen LogP contribution >= 0.6 is 23.2 Å². The zero-order valence-corrected chi connectivity index (χ0v) is 12.2. The summed E-state index contributed by atoms with van der Waals surface area (Å²) in [5, 5.41) is 10.5. The number of hydrazine groups is 1. The third-order valence-corrected chi connectivity index (χ3v) is 3.88. The van der Waals surface area contributed by atoms with Crippen molar-refractivity contribution in [1.29, 1.82) is 0 Å². The summed E-state index contributed by atoms with van der Waals surface area (Å²) in [6, 6.07) is 1.88. The second-order valence-electron chi connectivity index (χ2n) is 4.84. The highest BCUT2D eigenvalue weighted by Gasteiger charge is 2.28. The number of anilines is 2. The normalized spacial score (nSPS) is 20.7. The van der Waals surface area contributed by atoms with E-state index in [1.807, 2.05) is 0 Å². The van der Waals surface area contributed by atoms with Gasteiger partial charge in [0.15, 0.2) is 5.82 Å². The Hall–Kier alpha value is -0.750. The number of nitrogens with one attached hydrogen (secondary N) is 1. The third-order valence-electron chi connectivity index (χ3n) is 3.31. The molecule has 4 N–H and O–H groups in total. The van der Waals surface area contributed by atoms with E-state index in [4.69, 9.17) is 29.0 Å². The van der Waals surface area contributed by atoms with Crippen LogP contribution in [0.4, 0.5) is 11.6 Å². The standard InChI is InChI=1S/C12H18Cl2N4O/c1-7(19)5-8-3-2-4-18(8)12-10(14)6-9(13)11(16-12)17-15/h6-8,19H,2-5,15H2,1H3,(H,16,17). The van der Waals surface area contributed by atoms with E-state index in [0.29, 0.717) is 28.1 Å². The van der Waals surface area contributed by atoms with Gasteiger partial charge in [0.25, 0.3) is 0 Å². The van der Waals surface area contributed by atoms with E-state index in [9.17, 15) is 5.11 Å². The van der Waals surface area contributed by atoms with Gasteiger partial charge in [-0.15, -0.1) is 0 Å². The Morgan fingerprint density at radius 2 is 2.32 bits per heavy atom. The van der Waals surface area contributed by atoms with Gasteiger partial charge in [-0.1, -0.05) is 23.2 Å². The van der Waals surface area contributed by atoms with Gasteiger partial charge in [0, 0.05) is 12.6 Å². The summed E-state index contributed by atoms with van der Waals surface area (Å²) in [7, 11) is 0. The molecular formula is C12H18Cl2N4O. The summed E-state index contributed by atoms with van der Waals surface area (Å²) in [6.07, 6.45) is 2.44. The molecule has 5 nitrogen and oxygen atoms in total. The fourth-order valence-electron chi connectivity index (χ4n) is 2.51. The van der Waals surface area contributed by atoms with Crippen molar-refractivity contribution < 1.29 is 5.11 Å². The fraction of sp³-hybridized carbons (Fsp3) is 0.583. The van der Waals surface area contributed by atoms with Crippen LogP contribution in [0.3, 0.4) is 0 Å². The number of hydrogen-bond acceptors (Lipinski definition) is 5. The summed E-state index contributed by atoms with van der Waals surface area (Å²) < 4.78 is 0. The quantitative estimate of drug-likeness (QED) is 0.588. The molecule has 106 valence electrons. The van der Waals surface area contributed by atoms with Crippen LogP contribution in [-0.4, -0.2) is 28.8 Å². The molecule has 0 saturated carbocycles. The summed E-state index contributed by atoms with van der Waals surface area (Å²) in [5.41, 5.74) is 2.46. The number of nitrogen functional groups attached to an aromatic ring is 1. The van der Waals surface area contributed by atoms with Crippen LogP contribution in [-0.2, 0) is 0 Å². The molecule has 1 aromatic heterocycles. The van der Waals surface area contributed by atoms with E-state index >= 15 is 0 Å². The van der Waals surface area contributed by atoms with Gasteiger partial charge in [0.1, 0.15) is 5.82 Å². The topological polar surface area (TPSA) is 74.4 Å². The van der Waals surface area contributed by atoms with Gasteiger partial charge < -0.3 is 15.4 Å². The number of aromatic nitrogens is 1. The van der Waals surface area contributed by atoms with Crippen LogP contribution in [0, 0.1) is 0 Å². The lowest BCUT2D eigenvalue weighted by Crippen LogP contribution is -2.33. The number of nitrogens with two attached hydrogens (primary N) is 1. The molecule has 0 spiro atoms. The molecule has 1 aromatic rings. The number of hydrogen-bond donors (Lipinski definition) is 3. The number of aliphatic hydroxyl groups excluding tert-OH is 1. The van der Waals surface area contributed by atoms with Crippen LogP contribution < -0.4 is 16.2 Å². The molecule has 2 atom stereocenters. The Morgan fingerprint density at radius 3 is 2.95 bits per heavy atom. The molecule has 0 radical (unpaired) electrons. The molecule has 2 heterocycles. The largest absolute Gasteiger partial charge is 0.393 e. The smallest absolute Gasteiger partial charge is 0.161 e. The highest BCUT2D eigenvalue weighted by atomic mass is 35.5. The molecule has 7 heteroatoms. The van der Waals surface area contributed by atoms with Crippen molar-refractivity contribution in [2.75, 3.05) is 16.9 Å². The Labute approximate surface area is 122 Å². The van der Waals surface area contributed by atoms with Crippen LogP contribution in [0.1, 0.15) is 26.2 Å². The monoisotopic (exact) mass is 304 g/mol. The number of nitrogens with zero attached hydrogens (tertiary/aromatic N) is 2. The predicted octanol–water partition coefficient (Wildman–Crippen LogP) is 2.41. The van der Waals surface area contributed by atoms with Gasteiger partial charge in [-0.3, -0.25) is 0 Å². The Morgan fingerprint density at radius 1 is 1.58 bits per heavy atom. The van der Waals surface area contributed by atoms with Crippen LogP contribution in [0.2, 0.25) is 10.0 Å². The minimum Gasteiger partial charge on any atom is -0.393 e. The zero-order valence-electron chi connectivity index (χ0n) is 10.7. The van der Waals surface area contributed by atoms with Gasteiger partial charge in [-0.2, -0.15) is 0 Å². The van der Waals surface area contributed by atoms with Crippen molar-refractivity contribution in [2.24, 2.45) is 5.84 Å². The summed E-state index contributed by atoms with van der Waals surface area (Å²) in [6.45, 7) is 2.66. The number of halogens is 2. The van der Waals surface area contributed by atoms with E-state index in [1.54, 1.807) is 13.0 Å². The van der Waals surface area contributed by atoms with Gasteiger partial charge in [-0.25, -0.2) is 10.8 Å². The molecule has 19 heavy (non-hydrogen) atoms. The first kappa shape index (κ1) is 14.7. The van der Waals surface area contributed by atoms with Crippen molar-refractivity contribution >= 4 is 34.8 Å². The van der Waals surface area contributed by atoms with E-state index in [2.05, 4.69) is 15.3 Å². The maximum Gasteiger partial charge on any atom is 0.161 e. The molecule has 2 unspecified atom stereocenters. The molecule has 0 bridgehead atoms. The van der Waals surface area contributed by atoms with Gasteiger partial charge >= 0.3 is 0 Å². The molecule has 1 fully saturated rings. The van der Waals surface area contributed by atoms with Crippen LogP contribution in [0.5, 0.6) is 0 Å².